The SMILES string of the molecule is Cc1ccc(N2CCc3ncnc(Cl)c3C2)c(C)c1. The van der Waals surface area contributed by atoms with Crippen molar-refractivity contribution in [3.05, 3.63) is 52.1 Å². The first-order valence-corrected chi connectivity index (χ1v) is 6.83. The molecule has 0 N–H and O–H groups in total. The fraction of sp³-hybridized carbons (Fsp3) is 0.333. The van der Waals surface area contributed by atoms with E-state index in [0.717, 1.165) is 30.8 Å². The molecule has 1 aromatic carbocycles. The Bertz CT molecular complexity index is 625. The molecule has 1 aliphatic rings. The van der Waals surface area contributed by atoms with Gasteiger partial charge < -0.3 is 4.90 Å². The first-order chi connectivity index (χ1) is 9.15. The highest BCUT2D eigenvalue weighted by Crippen LogP contribution is 2.29. The molecule has 0 spiro atoms. The smallest absolute Gasteiger partial charge is 0.137 e. The number of hydrogen-bond donors (Lipinski definition) is 0. The number of aryl methyl sites for hydroxylation is 2. The van der Waals surface area contributed by atoms with E-state index < -0.39 is 0 Å². The monoisotopic (exact) mass is 273 g/mol. The minimum absolute atomic E-state index is 0.583. The Morgan fingerprint density at radius 2 is 2.05 bits per heavy atom. The molecule has 3 rings (SSSR count). The van der Waals surface area contributed by atoms with E-state index in [4.69, 9.17) is 11.6 Å². The van der Waals surface area contributed by atoms with Crippen molar-refractivity contribution < 1.29 is 0 Å². The molecular weight excluding hydrogens is 258 g/mol. The van der Waals surface area contributed by atoms with Gasteiger partial charge in [-0.2, -0.15) is 0 Å². The summed E-state index contributed by atoms with van der Waals surface area (Å²) in [7, 11) is 0. The Kier molecular flexibility index (Phi) is 3.15. The predicted molar refractivity (Wildman–Crippen MR) is 77.7 cm³/mol. The van der Waals surface area contributed by atoms with Crippen molar-refractivity contribution in [2.45, 2.75) is 26.8 Å². The summed E-state index contributed by atoms with van der Waals surface area (Å²) in [6.45, 7) is 6.04. The number of benzene rings is 1. The van der Waals surface area contributed by atoms with Crippen molar-refractivity contribution >= 4 is 17.3 Å². The molecule has 0 fully saturated rings. The second-order valence-corrected chi connectivity index (χ2v) is 5.41. The standard InChI is InChI=1S/C15H16ClN3/c1-10-3-4-14(11(2)7-10)19-6-5-13-12(8-19)15(16)18-9-17-13/h3-4,7,9H,5-6,8H2,1-2H3. The summed E-state index contributed by atoms with van der Waals surface area (Å²) >= 11 is 6.18. The molecule has 1 aliphatic heterocycles. The van der Waals surface area contributed by atoms with E-state index >= 15 is 0 Å². The zero-order chi connectivity index (χ0) is 13.4. The Labute approximate surface area is 118 Å². The summed E-state index contributed by atoms with van der Waals surface area (Å²) in [6, 6.07) is 6.56. The number of hydrogen-bond acceptors (Lipinski definition) is 3. The molecule has 3 nitrogen and oxygen atoms in total. The maximum absolute atomic E-state index is 6.18. The summed E-state index contributed by atoms with van der Waals surface area (Å²) < 4.78 is 0. The average Bonchev–Trinajstić information content (AvgIpc) is 2.39. The van der Waals surface area contributed by atoms with Crippen molar-refractivity contribution in [2.24, 2.45) is 0 Å². The zero-order valence-electron chi connectivity index (χ0n) is 11.2. The van der Waals surface area contributed by atoms with Gasteiger partial charge in [-0.05, 0) is 25.5 Å². The van der Waals surface area contributed by atoms with Crippen LogP contribution < -0.4 is 4.90 Å². The van der Waals surface area contributed by atoms with Gasteiger partial charge in [-0.15, -0.1) is 0 Å². The van der Waals surface area contributed by atoms with Crippen LogP contribution in [0.15, 0.2) is 24.5 Å². The average molecular weight is 274 g/mol. The second kappa shape index (κ2) is 4.82. The maximum Gasteiger partial charge on any atom is 0.137 e. The van der Waals surface area contributed by atoms with Gasteiger partial charge in [0, 0.05) is 30.8 Å². The van der Waals surface area contributed by atoms with E-state index in [2.05, 4.69) is 46.9 Å². The van der Waals surface area contributed by atoms with Gasteiger partial charge in [0.15, 0.2) is 0 Å². The third-order valence-corrected chi connectivity index (χ3v) is 3.97. The van der Waals surface area contributed by atoms with E-state index in [1.165, 1.54) is 16.8 Å². The van der Waals surface area contributed by atoms with Crippen LogP contribution in [0.3, 0.4) is 0 Å². The molecule has 19 heavy (non-hydrogen) atoms. The molecule has 4 heteroatoms. The molecule has 0 atom stereocenters. The van der Waals surface area contributed by atoms with E-state index in [-0.39, 0.29) is 0 Å². The van der Waals surface area contributed by atoms with E-state index in [0.29, 0.717) is 5.15 Å². The molecule has 2 aromatic rings. The fourth-order valence-corrected chi connectivity index (χ4v) is 2.89. The number of nitrogens with zero attached hydrogens (tertiary/aromatic N) is 3. The lowest BCUT2D eigenvalue weighted by molar-refractivity contribution is 0.703. The van der Waals surface area contributed by atoms with Gasteiger partial charge in [0.2, 0.25) is 0 Å². The third kappa shape index (κ3) is 2.30. The predicted octanol–water partition coefficient (Wildman–Crippen LogP) is 3.31. The Morgan fingerprint density at radius 1 is 1.21 bits per heavy atom. The number of halogens is 1. The van der Waals surface area contributed by atoms with Crippen LogP contribution >= 0.6 is 11.6 Å². The highest BCUT2D eigenvalue weighted by atomic mass is 35.5. The lowest BCUT2D eigenvalue weighted by Gasteiger charge is -2.31. The quantitative estimate of drug-likeness (QED) is 0.747. The Morgan fingerprint density at radius 3 is 2.84 bits per heavy atom. The first kappa shape index (κ1) is 12.4. The fourth-order valence-electron chi connectivity index (χ4n) is 2.67. The van der Waals surface area contributed by atoms with Gasteiger partial charge in [0.05, 0.1) is 5.69 Å². The largest absolute Gasteiger partial charge is 0.366 e. The summed E-state index contributed by atoms with van der Waals surface area (Å²) in [5.41, 5.74) is 6.02. The molecule has 98 valence electrons. The van der Waals surface area contributed by atoms with Gasteiger partial charge in [0.1, 0.15) is 11.5 Å². The molecule has 0 aliphatic carbocycles. The zero-order valence-corrected chi connectivity index (χ0v) is 11.9. The van der Waals surface area contributed by atoms with E-state index in [1.54, 1.807) is 6.33 Å². The Balaban J connectivity index is 1.95. The molecule has 0 amide bonds. The van der Waals surface area contributed by atoms with Crippen LogP contribution in [0.2, 0.25) is 5.15 Å². The molecule has 0 bridgehead atoms. The summed E-state index contributed by atoms with van der Waals surface area (Å²) in [6.07, 6.45) is 2.47. The highest BCUT2D eigenvalue weighted by Gasteiger charge is 2.21. The second-order valence-electron chi connectivity index (χ2n) is 5.05. The van der Waals surface area contributed by atoms with Crippen LogP contribution in [0.1, 0.15) is 22.4 Å². The third-order valence-electron chi connectivity index (χ3n) is 3.64. The van der Waals surface area contributed by atoms with Crippen LogP contribution in [0.5, 0.6) is 0 Å². The van der Waals surface area contributed by atoms with Crippen LogP contribution in [0, 0.1) is 13.8 Å². The number of rotatable bonds is 1. The lowest BCUT2D eigenvalue weighted by atomic mass is 10.0. The van der Waals surface area contributed by atoms with Crippen LogP contribution in [0.4, 0.5) is 5.69 Å². The molecular formula is C15H16ClN3. The molecule has 1 aromatic heterocycles. The van der Waals surface area contributed by atoms with Gasteiger partial charge in [0.25, 0.3) is 0 Å². The lowest BCUT2D eigenvalue weighted by Crippen LogP contribution is -2.31. The number of aromatic nitrogens is 2. The van der Waals surface area contributed by atoms with E-state index in [1.807, 2.05) is 0 Å². The number of fused-ring (bicyclic) bond motifs is 1. The van der Waals surface area contributed by atoms with Gasteiger partial charge in [-0.3, -0.25) is 0 Å². The highest BCUT2D eigenvalue weighted by molar-refractivity contribution is 6.30. The molecule has 0 radical (unpaired) electrons. The summed E-state index contributed by atoms with van der Waals surface area (Å²) in [5.74, 6) is 0. The molecule has 0 saturated heterocycles. The normalized spacial score (nSPS) is 14.4. The molecule has 0 unspecified atom stereocenters. The van der Waals surface area contributed by atoms with Crippen LogP contribution in [-0.4, -0.2) is 16.5 Å². The molecule has 0 saturated carbocycles. The summed E-state index contributed by atoms with van der Waals surface area (Å²) in [5, 5.41) is 0.583. The number of anilines is 1. The topological polar surface area (TPSA) is 29.0 Å². The minimum atomic E-state index is 0.583. The van der Waals surface area contributed by atoms with Crippen molar-refractivity contribution in [2.75, 3.05) is 11.4 Å². The van der Waals surface area contributed by atoms with Crippen molar-refractivity contribution in [1.29, 1.82) is 0 Å². The Hall–Kier alpha value is -1.61. The van der Waals surface area contributed by atoms with Crippen LogP contribution in [-0.2, 0) is 13.0 Å². The molecule has 2 heterocycles. The van der Waals surface area contributed by atoms with Gasteiger partial charge in [-0.25, -0.2) is 9.97 Å². The van der Waals surface area contributed by atoms with Crippen molar-refractivity contribution in [3.8, 4) is 0 Å². The summed E-state index contributed by atoms with van der Waals surface area (Å²) in [4.78, 5) is 10.8. The van der Waals surface area contributed by atoms with Crippen molar-refractivity contribution in [3.63, 3.8) is 0 Å². The first-order valence-electron chi connectivity index (χ1n) is 6.45. The minimum Gasteiger partial charge on any atom is -0.366 e. The maximum atomic E-state index is 6.18. The van der Waals surface area contributed by atoms with E-state index in [9.17, 15) is 0 Å². The van der Waals surface area contributed by atoms with Gasteiger partial charge in [-0.1, -0.05) is 29.3 Å². The van der Waals surface area contributed by atoms with Crippen LogP contribution in [0.25, 0.3) is 0 Å². The van der Waals surface area contributed by atoms with Crippen molar-refractivity contribution in [1.82, 2.24) is 9.97 Å². The van der Waals surface area contributed by atoms with Gasteiger partial charge >= 0.3 is 0 Å².